The maximum absolute atomic E-state index is 11.0. The third-order valence-electron chi connectivity index (χ3n) is 1.98. The van der Waals surface area contributed by atoms with Crippen LogP contribution in [0.4, 0.5) is 10.5 Å². The molecule has 0 bridgehead atoms. The summed E-state index contributed by atoms with van der Waals surface area (Å²) in [5.41, 5.74) is 0.190. The number of phenols is 1. The van der Waals surface area contributed by atoms with Gasteiger partial charge >= 0.3 is 6.09 Å². The number of nitrogens with zero attached hydrogens (tertiary/aromatic N) is 1. The van der Waals surface area contributed by atoms with E-state index in [9.17, 15) is 9.90 Å². The Morgan fingerprint density at radius 1 is 1.53 bits per heavy atom. The van der Waals surface area contributed by atoms with Crippen LogP contribution < -0.4 is 4.90 Å². The van der Waals surface area contributed by atoms with Gasteiger partial charge in [0.15, 0.2) is 0 Å². The van der Waals surface area contributed by atoms with Gasteiger partial charge in [-0.15, -0.1) is 6.42 Å². The highest BCUT2D eigenvalue weighted by atomic mass is 16.4. The molecule has 0 heterocycles. The minimum atomic E-state index is -1.19. The zero-order valence-electron chi connectivity index (χ0n) is 8.21. The highest BCUT2D eigenvalue weighted by molar-refractivity contribution is 5.89. The van der Waals surface area contributed by atoms with E-state index >= 15 is 0 Å². The first-order valence-electron chi connectivity index (χ1n) is 4.34. The van der Waals surface area contributed by atoms with Crippen LogP contribution >= 0.6 is 0 Å². The minimum Gasteiger partial charge on any atom is -0.506 e. The topological polar surface area (TPSA) is 60.8 Å². The molecule has 15 heavy (non-hydrogen) atoms. The molecule has 0 saturated heterocycles. The predicted molar refractivity (Wildman–Crippen MR) is 56.9 cm³/mol. The zero-order chi connectivity index (χ0) is 11.4. The van der Waals surface area contributed by atoms with Crippen molar-refractivity contribution in [3.05, 3.63) is 24.3 Å². The van der Waals surface area contributed by atoms with E-state index in [2.05, 4.69) is 5.92 Å². The van der Waals surface area contributed by atoms with Crippen LogP contribution in [0.1, 0.15) is 6.92 Å². The summed E-state index contributed by atoms with van der Waals surface area (Å²) in [6.45, 7) is 1.57. The van der Waals surface area contributed by atoms with Crippen molar-refractivity contribution >= 4 is 11.8 Å². The number of benzene rings is 1. The van der Waals surface area contributed by atoms with E-state index in [0.29, 0.717) is 0 Å². The van der Waals surface area contributed by atoms with Crippen molar-refractivity contribution in [2.45, 2.75) is 13.0 Å². The molecule has 1 aromatic rings. The van der Waals surface area contributed by atoms with Crippen molar-refractivity contribution in [3.63, 3.8) is 0 Å². The van der Waals surface area contributed by atoms with Crippen molar-refractivity contribution in [2.75, 3.05) is 4.90 Å². The molecule has 4 nitrogen and oxygen atoms in total. The van der Waals surface area contributed by atoms with Crippen molar-refractivity contribution in [3.8, 4) is 18.1 Å². The normalized spacial score (nSPS) is 11.5. The molecule has 1 aromatic carbocycles. The Balaban J connectivity index is 3.17. The molecule has 0 aliphatic carbocycles. The fourth-order valence-electron chi connectivity index (χ4n) is 1.22. The van der Waals surface area contributed by atoms with Crippen molar-refractivity contribution in [2.24, 2.45) is 0 Å². The average molecular weight is 205 g/mol. The van der Waals surface area contributed by atoms with Gasteiger partial charge in [-0.25, -0.2) is 4.79 Å². The smallest absolute Gasteiger partial charge is 0.413 e. The van der Waals surface area contributed by atoms with E-state index in [1.165, 1.54) is 12.1 Å². The molecule has 0 aliphatic rings. The highest BCUT2D eigenvalue weighted by Gasteiger charge is 2.21. The number of rotatable bonds is 2. The van der Waals surface area contributed by atoms with E-state index in [-0.39, 0.29) is 11.4 Å². The highest BCUT2D eigenvalue weighted by Crippen LogP contribution is 2.27. The largest absolute Gasteiger partial charge is 0.506 e. The Kier molecular flexibility index (Phi) is 3.19. The molecule has 0 fully saturated rings. The molecular formula is C11H11NO3. The van der Waals surface area contributed by atoms with Crippen LogP contribution in [-0.2, 0) is 0 Å². The first-order valence-corrected chi connectivity index (χ1v) is 4.34. The van der Waals surface area contributed by atoms with Crippen LogP contribution in [0.15, 0.2) is 24.3 Å². The number of hydrogen-bond donors (Lipinski definition) is 2. The first-order chi connectivity index (χ1) is 7.07. The molecule has 0 saturated carbocycles. The molecule has 1 amide bonds. The van der Waals surface area contributed by atoms with Crippen molar-refractivity contribution in [1.29, 1.82) is 0 Å². The second kappa shape index (κ2) is 4.38. The Labute approximate surface area is 87.8 Å². The van der Waals surface area contributed by atoms with Gasteiger partial charge in [0.05, 0.1) is 11.7 Å². The van der Waals surface area contributed by atoms with Crippen LogP contribution in [0.2, 0.25) is 0 Å². The van der Waals surface area contributed by atoms with Crippen LogP contribution in [0.25, 0.3) is 0 Å². The molecule has 0 unspecified atom stereocenters. The number of phenolic OH excluding ortho intramolecular Hbond substituents is 1. The summed E-state index contributed by atoms with van der Waals surface area (Å²) in [5, 5.41) is 18.5. The molecule has 0 aliphatic heterocycles. The zero-order valence-corrected chi connectivity index (χ0v) is 8.21. The van der Waals surface area contributed by atoms with Crippen molar-refractivity contribution < 1.29 is 15.0 Å². The van der Waals surface area contributed by atoms with Gasteiger partial charge in [0, 0.05) is 0 Å². The standard InChI is InChI=1S/C11H11NO3/c1-3-8(2)12(11(14)15)9-6-4-5-7-10(9)13/h1,4-8,13H,2H3,(H,14,15)/t8-/m0/s1. The lowest BCUT2D eigenvalue weighted by Gasteiger charge is -2.23. The van der Waals surface area contributed by atoms with Gasteiger partial charge in [0.2, 0.25) is 0 Å². The summed E-state index contributed by atoms with van der Waals surface area (Å²) in [5.74, 6) is 2.20. The molecule has 0 spiro atoms. The van der Waals surface area contributed by atoms with Gasteiger partial charge in [-0.3, -0.25) is 4.90 Å². The summed E-state index contributed by atoms with van der Waals surface area (Å²) in [6, 6.07) is 5.52. The summed E-state index contributed by atoms with van der Waals surface area (Å²) in [7, 11) is 0. The number of amides is 1. The lowest BCUT2D eigenvalue weighted by atomic mass is 10.2. The summed E-state index contributed by atoms with van der Waals surface area (Å²) in [4.78, 5) is 11.9. The second-order valence-corrected chi connectivity index (χ2v) is 2.98. The number of para-hydroxylation sites is 2. The monoisotopic (exact) mass is 205 g/mol. The van der Waals surface area contributed by atoms with Crippen LogP contribution in [0.3, 0.4) is 0 Å². The van der Waals surface area contributed by atoms with Gasteiger partial charge in [-0.2, -0.15) is 0 Å². The van der Waals surface area contributed by atoms with Gasteiger partial charge in [0.1, 0.15) is 5.75 Å². The maximum Gasteiger partial charge on any atom is 0.413 e. The molecule has 1 rings (SSSR count). The molecular weight excluding hydrogens is 194 g/mol. The predicted octanol–water partition coefficient (Wildman–Crippen LogP) is 1.90. The molecule has 0 aromatic heterocycles. The molecule has 2 N–H and O–H groups in total. The maximum atomic E-state index is 11.0. The lowest BCUT2D eigenvalue weighted by molar-refractivity contribution is 0.200. The number of hydrogen-bond acceptors (Lipinski definition) is 2. The third-order valence-corrected chi connectivity index (χ3v) is 1.98. The number of aromatic hydroxyl groups is 1. The summed E-state index contributed by atoms with van der Waals surface area (Å²) < 4.78 is 0. The number of carbonyl (C=O) groups is 1. The van der Waals surface area contributed by atoms with E-state index in [1.807, 2.05) is 0 Å². The van der Waals surface area contributed by atoms with Gasteiger partial charge in [-0.1, -0.05) is 18.1 Å². The van der Waals surface area contributed by atoms with Gasteiger partial charge in [0.25, 0.3) is 0 Å². The molecule has 4 heteroatoms. The third kappa shape index (κ3) is 2.20. The fourth-order valence-corrected chi connectivity index (χ4v) is 1.22. The molecule has 1 atom stereocenters. The average Bonchev–Trinajstić information content (AvgIpc) is 2.20. The second-order valence-electron chi connectivity index (χ2n) is 2.98. The number of anilines is 1. The minimum absolute atomic E-state index is 0.109. The Morgan fingerprint density at radius 3 is 2.60 bits per heavy atom. The van der Waals surface area contributed by atoms with Crippen LogP contribution in [-0.4, -0.2) is 22.3 Å². The fraction of sp³-hybridized carbons (Fsp3) is 0.182. The van der Waals surface area contributed by atoms with Crippen molar-refractivity contribution in [1.82, 2.24) is 0 Å². The van der Waals surface area contributed by atoms with Crippen LogP contribution in [0.5, 0.6) is 5.75 Å². The first kappa shape index (κ1) is 10.9. The summed E-state index contributed by atoms with van der Waals surface area (Å²) in [6.07, 6.45) is 3.97. The number of terminal acetylenes is 1. The lowest BCUT2D eigenvalue weighted by Crippen LogP contribution is -2.36. The Bertz CT molecular complexity index is 409. The van der Waals surface area contributed by atoms with Crippen LogP contribution in [0, 0.1) is 12.3 Å². The molecule has 78 valence electrons. The van der Waals surface area contributed by atoms with E-state index < -0.39 is 12.1 Å². The van der Waals surface area contributed by atoms with Gasteiger partial charge < -0.3 is 10.2 Å². The van der Waals surface area contributed by atoms with Gasteiger partial charge in [-0.05, 0) is 19.1 Å². The SMILES string of the molecule is C#C[C@H](C)N(C(=O)O)c1ccccc1O. The number of carboxylic acid groups (broad SMARTS) is 1. The molecule has 0 radical (unpaired) electrons. The quantitative estimate of drug-likeness (QED) is 0.725. The van der Waals surface area contributed by atoms with E-state index in [0.717, 1.165) is 4.90 Å². The van der Waals surface area contributed by atoms with E-state index in [4.69, 9.17) is 11.5 Å². The van der Waals surface area contributed by atoms with E-state index in [1.54, 1.807) is 19.1 Å². The Hall–Kier alpha value is -2.15. The Morgan fingerprint density at radius 2 is 2.13 bits per heavy atom. The summed E-state index contributed by atoms with van der Waals surface area (Å²) >= 11 is 0.